The molecule has 0 unspecified atom stereocenters. The number of rotatable bonds is 6. The number of alkyl halides is 1. The Balaban J connectivity index is 1.34. The molecule has 0 bridgehead atoms. The molecule has 3 saturated carbocycles. The molecule has 0 radical (unpaired) electrons. The van der Waals surface area contributed by atoms with Crippen LogP contribution < -0.4 is 5.32 Å². The molecule has 1 aliphatic heterocycles. The van der Waals surface area contributed by atoms with Crippen molar-refractivity contribution in [1.29, 1.82) is 0 Å². The van der Waals surface area contributed by atoms with E-state index in [1.165, 1.54) is 32.9 Å². The zero-order valence-corrected chi connectivity index (χ0v) is 36.8. The van der Waals surface area contributed by atoms with E-state index >= 15 is 4.39 Å². The predicted octanol–water partition coefficient (Wildman–Crippen LogP) is 2.75. The minimum atomic E-state index is -2.09. The van der Waals surface area contributed by atoms with Gasteiger partial charge in [0.2, 0.25) is 0 Å². The average molecular weight is 837 g/mol. The van der Waals surface area contributed by atoms with Crippen LogP contribution in [0.3, 0.4) is 0 Å². The van der Waals surface area contributed by atoms with Crippen LogP contribution >= 0.6 is 0 Å². The Bertz CT molecular complexity index is 1650. The number of cyclic esters (lactones) is 1. The summed E-state index contributed by atoms with van der Waals surface area (Å²) in [5.74, 6) is -5.56. The van der Waals surface area contributed by atoms with Crippen LogP contribution in [0.25, 0.3) is 0 Å². The van der Waals surface area contributed by atoms with Crippen LogP contribution in [-0.2, 0) is 19.1 Å². The van der Waals surface area contributed by atoms with Crippen LogP contribution in [0.5, 0.6) is 0 Å². The average Bonchev–Trinajstić information content (AvgIpc) is 3.37. The Morgan fingerprint density at radius 3 is 2.24 bits per heavy atom. The van der Waals surface area contributed by atoms with Crippen molar-refractivity contribution in [3.8, 4) is 0 Å². The Morgan fingerprint density at radius 1 is 0.966 bits per heavy atom. The van der Waals surface area contributed by atoms with E-state index in [1.54, 1.807) is 47.6 Å². The highest BCUT2D eigenvalue weighted by molar-refractivity contribution is 6.01. The number of carbonyl (C=O) groups excluding carboxylic acids is 3. The minimum absolute atomic E-state index is 0.0942. The number of amides is 1. The third kappa shape index (κ3) is 7.78. The molecule has 14 heteroatoms. The molecular formula is C45H73FN2O11. The molecule has 336 valence electrons. The lowest BCUT2D eigenvalue weighted by Crippen LogP contribution is -2.70. The van der Waals surface area contributed by atoms with Gasteiger partial charge in [0, 0.05) is 48.3 Å². The topological polar surface area (TPSA) is 217 Å². The first-order valence-electron chi connectivity index (χ1n) is 21.9. The van der Waals surface area contributed by atoms with Crippen molar-refractivity contribution in [2.75, 3.05) is 19.6 Å². The molecule has 1 amide bonds. The number of nitrogens with one attached hydrogen (secondary N) is 1. The van der Waals surface area contributed by atoms with Crippen molar-refractivity contribution in [1.82, 2.24) is 10.2 Å². The van der Waals surface area contributed by atoms with Gasteiger partial charge in [-0.05, 0) is 109 Å². The molecule has 0 aromatic heterocycles. The summed E-state index contributed by atoms with van der Waals surface area (Å²) >= 11 is 0. The quantitative estimate of drug-likeness (QED) is 0.143. The van der Waals surface area contributed by atoms with Gasteiger partial charge in [0.05, 0.1) is 29.8 Å². The molecule has 5 rings (SSSR count). The Labute approximate surface area is 349 Å². The molecule has 18 atom stereocenters. The van der Waals surface area contributed by atoms with E-state index in [1.807, 2.05) is 11.8 Å². The predicted molar refractivity (Wildman–Crippen MR) is 218 cm³/mol. The largest absolute Gasteiger partial charge is 0.459 e. The van der Waals surface area contributed by atoms with E-state index < -0.39 is 111 Å². The standard InChI is InChI=1S/C45H73FN2O11/c1-11-34-43(10,57)37(53)28(6)48(23-24(2)21-42(9,56)36(52)26(4)35(51)27(5)38(54)59-34)18-12-17-47-39(55)45(58)25(3)19-32-31-14-13-29-20-30(49)15-16-40(29,7)44(31,46)33(50)22-41(32,45)8/h15-16,20,24-28,31-37,50-53,56-58H,11-14,17-19,21-23H2,1-10H3,(H,47,55)/t24-,25-,26+,27-,28-,31+,32+,33+,34-,35+,36-,37-,40+,41+,42-,43-,44+,45+/m1/s1. The molecule has 0 spiro atoms. The Hall–Kier alpha value is -2.30. The molecule has 1 saturated heterocycles. The van der Waals surface area contributed by atoms with Crippen molar-refractivity contribution >= 4 is 17.7 Å². The third-order valence-corrected chi connectivity index (χ3v) is 16.3. The second-order valence-electron chi connectivity index (χ2n) is 20.3. The molecular weight excluding hydrogens is 763 g/mol. The second-order valence-corrected chi connectivity index (χ2v) is 20.3. The second kappa shape index (κ2) is 16.8. The monoisotopic (exact) mass is 837 g/mol. The number of ketones is 1. The summed E-state index contributed by atoms with van der Waals surface area (Å²) in [6.07, 6.45) is -0.762. The number of aliphatic hydroxyl groups is 7. The number of hydrogen-bond acceptors (Lipinski definition) is 12. The summed E-state index contributed by atoms with van der Waals surface area (Å²) in [4.78, 5) is 41.6. The summed E-state index contributed by atoms with van der Waals surface area (Å²) < 4.78 is 23.3. The first kappa shape index (κ1) is 47.7. The number of ether oxygens (including phenoxy) is 1. The number of esters is 1. The maximum Gasteiger partial charge on any atom is 0.311 e. The number of aliphatic hydroxyl groups excluding tert-OH is 4. The molecule has 8 N–H and O–H groups in total. The van der Waals surface area contributed by atoms with Crippen LogP contribution in [-0.4, -0.2) is 137 Å². The summed E-state index contributed by atoms with van der Waals surface area (Å²) in [7, 11) is 0. The number of allylic oxidation sites excluding steroid dienone is 4. The normalized spacial score (nSPS) is 50.0. The molecule has 13 nitrogen and oxygen atoms in total. The molecule has 4 aliphatic carbocycles. The van der Waals surface area contributed by atoms with Crippen LogP contribution in [0.15, 0.2) is 23.8 Å². The SMILES string of the molecule is CC[C@H]1OC(=O)[C@H](C)[C@@H](O)[C@H](C)[C@@H](O)[C@](C)(O)C[C@@H](C)CN(CCCNC(=O)[C@@]2(O)[C@H](C)C[C@H]3[C@@H]4CCC5=CC(=O)C=C[C@]5(C)[C@@]4(F)[C@@H](O)C[C@@]32C)[C@H](C)[C@@H](O)[C@]1(C)O. The lowest BCUT2D eigenvalue weighted by molar-refractivity contribution is -0.219. The van der Waals surface area contributed by atoms with Gasteiger partial charge in [0.1, 0.15) is 17.8 Å². The molecule has 1 heterocycles. The van der Waals surface area contributed by atoms with Crippen LogP contribution in [0.1, 0.15) is 114 Å². The lowest BCUT2D eigenvalue weighted by atomic mass is 9.44. The van der Waals surface area contributed by atoms with Crippen molar-refractivity contribution < 1.29 is 59.3 Å². The zero-order valence-electron chi connectivity index (χ0n) is 36.8. The van der Waals surface area contributed by atoms with Crippen molar-refractivity contribution in [2.45, 2.75) is 173 Å². The van der Waals surface area contributed by atoms with E-state index in [2.05, 4.69) is 5.32 Å². The molecule has 0 aromatic carbocycles. The van der Waals surface area contributed by atoms with Gasteiger partial charge in [-0.3, -0.25) is 19.3 Å². The smallest absolute Gasteiger partial charge is 0.311 e. The highest BCUT2D eigenvalue weighted by Crippen LogP contribution is 2.70. The van der Waals surface area contributed by atoms with E-state index in [9.17, 15) is 50.1 Å². The Morgan fingerprint density at radius 2 is 1.61 bits per heavy atom. The fraction of sp³-hybridized carbons (Fsp3) is 0.844. The van der Waals surface area contributed by atoms with Gasteiger partial charge in [-0.25, -0.2) is 4.39 Å². The van der Waals surface area contributed by atoms with Gasteiger partial charge in [-0.15, -0.1) is 0 Å². The number of hydrogen-bond donors (Lipinski definition) is 8. The summed E-state index contributed by atoms with van der Waals surface area (Å²) in [5.41, 5.74) is -9.29. The van der Waals surface area contributed by atoms with Gasteiger partial charge >= 0.3 is 5.97 Å². The fourth-order valence-electron chi connectivity index (χ4n) is 12.5. The van der Waals surface area contributed by atoms with E-state index in [0.29, 0.717) is 37.8 Å². The van der Waals surface area contributed by atoms with Crippen LogP contribution in [0.4, 0.5) is 4.39 Å². The van der Waals surface area contributed by atoms with Gasteiger partial charge in [-0.1, -0.05) is 46.3 Å². The van der Waals surface area contributed by atoms with E-state index in [-0.39, 0.29) is 44.1 Å². The first-order valence-corrected chi connectivity index (χ1v) is 21.9. The summed E-state index contributed by atoms with van der Waals surface area (Å²) in [6, 6.07) is -0.730. The summed E-state index contributed by atoms with van der Waals surface area (Å²) in [5, 5.41) is 84.4. The summed E-state index contributed by atoms with van der Waals surface area (Å²) in [6.45, 7) is 17.2. The highest BCUT2D eigenvalue weighted by Gasteiger charge is 2.75. The van der Waals surface area contributed by atoms with Crippen molar-refractivity contribution in [2.24, 2.45) is 46.3 Å². The van der Waals surface area contributed by atoms with Gasteiger partial charge in [0.25, 0.3) is 5.91 Å². The Kier molecular flexibility index (Phi) is 13.6. The minimum Gasteiger partial charge on any atom is -0.459 e. The van der Waals surface area contributed by atoms with E-state index in [4.69, 9.17) is 4.74 Å². The van der Waals surface area contributed by atoms with E-state index in [0.717, 1.165) is 0 Å². The highest BCUT2D eigenvalue weighted by atomic mass is 19.1. The number of nitrogens with zero attached hydrogens (tertiary/aromatic N) is 1. The molecule has 59 heavy (non-hydrogen) atoms. The molecule has 5 aliphatic rings. The maximum absolute atomic E-state index is 17.6. The van der Waals surface area contributed by atoms with Crippen molar-refractivity contribution in [3.05, 3.63) is 23.8 Å². The van der Waals surface area contributed by atoms with Gasteiger partial charge in [0.15, 0.2) is 17.1 Å². The number of carbonyl (C=O) groups is 3. The molecule has 4 fully saturated rings. The number of fused-ring (bicyclic) bond motifs is 5. The number of halogens is 1. The van der Waals surface area contributed by atoms with Gasteiger partial charge in [-0.2, -0.15) is 0 Å². The zero-order chi connectivity index (χ0) is 44.4. The van der Waals surface area contributed by atoms with Gasteiger partial charge < -0.3 is 45.8 Å². The van der Waals surface area contributed by atoms with Crippen LogP contribution in [0, 0.1) is 46.3 Å². The lowest BCUT2D eigenvalue weighted by Gasteiger charge is -2.62. The fourth-order valence-corrected chi connectivity index (χ4v) is 12.5. The van der Waals surface area contributed by atoms with Crippen LogP contribution in [0.2, 0.25) is 0 Å². The first-order chi connectivity index (χ1) is 27.2. The molecule has 0 aromatic rings. The maximum atomic E-state index is 17.6. The third-order valence-electron chi connectivity index (χ3n) is 16.3. The van der Waals surface area contributed by atoms with Crippen molar-refractivity contribution in [3.63, 3.8) is 0 Å².